The van der Waals surface area contributed by atoms with Gasteiger partial charge in [-0.3, -0.25) is 10.1 Å². The van der Waals surface area contributed by atoms with E-state index in [1.165, 1.54) is 82.8 Å². The summed E-state index contributed by atoms with van der Waals surface area (Å²) in [5.41, 5.74) is -0.299. The van der Waals surface area contributed by atoms with Gasteiger partial charge in [-0.1, -0.05) is 110 Å². The van der Waals surface area contributed by atoms with Gasteiger partial charge in [-0.25, -0.2) is 13.1 Å². The molecule has 0 atom stereocenters. The lowest BCUT2D eigenvalue weighted by atomic mass is 9.96. The number of nitrogens with one attached hydrogen (secondary N) is 1. The molecule has 0 aromatic heterocycles. The number of sulfonamides is 1. The van der Waals surface area contributed by atoms with Gasteiger partial charge in [-0.05, 0) is 31.4 Å². The van der Waals surface area contributed by atoms with Crippen molar-refractivity contribution < 1.29 is 18.1 Å². The van der Waals surface area contributed by atoms with E-state index in [1.54, 1.807) is 0 Å². The highest BCUT2D eigenvalue weighted by atomic mass is 32.2. The largest absolute Gasteiger partial charge is 0.487 e. The number of nitro groups is 1. The zero-order valence-corrected chi connectivity index (χ0v) is 23.2. The van der Waals surface area contributed by atoms with Gasteiger partial charge in [0.1, 0.15) is 0 Å². The van der Waals surface area contributed by atoms with E-state index in [1.807, 2.05) is 0 Å². The maximum atomic E-state index is 12.7. The molecule has 8 heteroatoms. The van der Waals surface area contributed by atoms with Gasteiger partial charge >= 0.3 is 5.69 Å². The van der Waals surface area contributed by atoms with E-state index >= 15 is 0 Å². The molecule has 0 radical (unpaired) electrons. The Labute approximate surface area is 219 Å². The van der Waals surface area contributed by atoms with Gasteiger partial charge in [-0.15, -0.1) is 0 Å². The number of hydrogen-bond acceptors (Lipinski definition) is 5. The van der Waals surface area contributed by atoms with Crippen LogP contribution >= 0.6 is 0 Å². The van der Waals surface area contributed by atoms with Gasteiger partial charge in [0.05, 0.1) is 16.4 Å². The fourth-order valence-electron chi connectivity index (χ4n) is 4.92. The van der Waals surface area contributed by atoms with Crippen LogP contribution in [0.1, 0.15) is 129 Å². The molecule has 0 unspecified atom stereocenters. The van der Waals surface area contributed by atoms with Crippen molar-refractivity contribution in [1.29, 1.82) is 0 Å². The van der Waals surface area contributed by atoms with Crippen molar-refractivity contribution in [1.82, 2.24) is 4.72 Å². The van der Waals surface area contributed by atoms with Crippen LogP contribution < -0.4 is 9.46 Å². The minimum atomic E-state index is -3.79. The van der Waals surface area contributed by atoms with Crippen molar-refractivity contribution in [2.45, 2.75) is 140 Å². The van der Waals surface area contributed by atoms with Crippen LogP contribution in [0.2, 0.25) is 0 Å². The van der Waals surface area contributed by atoms with E-state index in [0.717, 1.165) is 57.4 Å². The molecule has 1 N–H and O–H groups in total. The molecule has 0 saturated heterocycles. The molecule has 1 aliphatic carbocycles. The maximum Gasteiger partial charge on any atom is 0.312 e. The number of unbranched alkanes of at least 4 members (excludes halogenated alkanes) is 13. The fourth-order valence-corrected chi connectivity index (χ4v) is 6.24. The van der Waals surface area contributed by atoms with Gasteiger partial charge in [0.25, 0.3) is 0 Å². The highest BCUT2D eigenvalue weighted by Crippen LogP contribution is 2.30. The first-order valence-electron chi connectivity index (χ1n) is 14.4. The van der Waals surface area contributed by atoms with Crippen LogP contribution in [-0.4, -0.2) is 26.0 Å². The molecule has 1 saturated carbocycles. The molecule has 1 aliphatic rings. The van der Waals surface area contributed by atoms with E-state index in [0.29, 0.717) is 6.61 Å². The second kappa shape index (κ2) is 17.7. The molecule has 1 aromatic rings. The first-order valence-corrected chi connectivity index (χ1v) is 15.9. The van der Waals surface area contributed by atoms with E-state index in [-0.39, 0.29) is 22.4 Å². The van der Waals surface area contributed by atoms with Crippen LogP contribution in [0.5, 0.6) is 5.75 Å². The van der Waals surface area contributed by atoms with Crippen LogP contribution in [-0.2, 0) is 10.0 Å². The Morgan fingerprint density at radius 1 is 0.861 bits per heavy atom. The molecule has 36 heavy (non-hydrogen) atoms. The lowest BCUT2D eigenvalue weighted by molar-refractivity contribution is -0.386. The molecule has 7 nitrogen and oxygen atoms in total. The van der Waals surface area contributed by atoms with Crippen molar-refractivity contribution >= 4 is 15.7 Å². The summed E-state index contributed by atoms with van der Waals surface area (Å²) in [5, 5.41) is 11.6. The topological polar surface area (TPSA) is 98.5 Å². The third-order valence-corrected chi connectivity index (χ3v) is 8.64. The van der Waals surface area contributed by atoms with E-state index in [9.17, 15) is 18.5 Å². The minimum absolute atomic E-state index is 0.0800. The fraction of sp³-hybridized carbons (Fsp3) is 0.786. The third kappa shape index (κ3) is 12.0. The minimum Gasteiger partial charge on any atom is -0.487 e. The highest BCUT2D eigenvalue weighted by molar-refractivity contribution is 7.89. The molecule has 0 amide bonds. The Hall–Kier alpha value is -1.67. The van der Waals surface area contributed by atoms with Crippen LogP contribution in [0.25, 0.3) is 0 Å². The van der Waals surface area contributed by atoms with Crippen molar-refractivity contribution in [3.8, 4) is 5.75 Å². The smallest absolute Gasteiger partial charge is 0.312 e. The normalized spacial score (nSPS) is 14.7. The third-order valence-electron chi connectivity index (χ3n) is 7.12. The summed E-state index contributed by atoms with van der Waals surface area (Å²) in [4.78, 5) is 10.9. The molecule has 206 valence electrons. The average molecular weight is 525 g/mol. The predicted molar refractivity (Wildman–Crippen MR) is 146 cm³/mol. The number of nitrogens with zero attached hydrogens (tertiary/aromatic N) is 1. The Balaban J connectivity index is 1.63. The Morgan fingerprint density at radius 3 is 1.92 bits per heavy atom. The molecule has 1 fully saturated rings. The van der Waals surface area contributed by atoms with Crippen molar-refractivity contribution in [3.63, 3.8) is 0 Å². The SMILES string of the molecule is CCCCCCCCCCCCCCCCOc1ccc(S(=O)(=O)NC2CCCCC2)cc1[N+](=O)[O-]. The van der Waals surface area contributed by atoms with Crippen molar-refractivity contribution in [2.24, 2.45) is 0 Å². The molecule has 0 aliphatic heterocycles. The quantitative estimate of drug-likeness (QED) is 0.106. The molecule has 2 rings (SSSR count). The average Bonchev–Trinajstić information content (AvgIpc) is 2.86. The number of nitro benzene ring substituents is 1. The Bertz CT molecular complexity index is 853. The van der Waals surface area contributed by atoms with Gasteiger partial charge in [0.15, 0.2) is 5.75 Å². The Kier molecular flexibility index (Phi) is 15.0. The predicted octanol–water partition coefficient (Wildman–Crippen LogP) is 8.07. The monoisotopic (exact) mass is 524 g/mol. The summed E-state index contributed by atoms with van der Waals surface area (Å²) in [5.74, 6) is 0.131. The van der Waals surface area contributed by atoms with Crippen LogP contribution in [0.3, 0.4) is 0 Å². The van der Waals surface area contributed by atoms with Gasteiger partial charge < -0.3 is 4.74 Å². The van der Waals surface area contributed by atoms with Gasteiger partial charge in [0, 0.05) is 12.1 Å². The summed E-state index contributed by atoms with van der Waals surface area (Å²) in [7, 11) is -3.79. The highest BCUT2D eigenvalue weighted by Gasteiger charge is 2.25. The summed E-state index contributed by atoms with van der Waals surface area (Å²) < 4.78 is 33.8. The Morgan fingerprint density at radius 2 is 1.39 bits per heavy atom. The zero-order chi connectivity index (χ0) is 26.1. The van der Waals surface area contributed by atoms with Gasteiger partial charge in [-0.2, -0.15) is 0 Å². The number of hydrogen-bond donors (Lipinski definition) is 1. The maximum absolute atomic E-state index is 12.7. The second-order valence-electron chi connectivity index (χ2n) is 10.3. The van der Waals surface area contributed by atoms with Crippen molar-refractivity contribution in [3.05, 3.63) is 28.3 Å². The van der Waals surface area contributed by atoms with Crippen LogP contribution in [0.4, 0.5) is 5.69 Å². The molecule has 1 aromatic carbocycles. The number of rotatable bonds is 20. The summed E-state index contributed by atoms with van der Waals surface area (Å²) >= 11 is 0. The lowest BCUT2D eigenvalue weighted by Crippen LogP contribution is -2.36. The second-order valence-corrected chi connectivity index (χ2v) is 12.0. The molecular formula is C28H48N2O5S. The summed E-state index contributed by atoms with van der Waals surface area (Å²) in [6.45, 7) is 2.65. The summed E-state index contributed by atoms with van der Waals surface area (Å²) in [6.07, 6.45) is 22.4. The lowest BCUT2D eigenvalue weighted by Gasteiger charge is -2.22. The standard InChI is InChI=1S/C28H48N2O5S/c1-2-3-4-5-6-7-8-9-10-11-12-13-14-18-23-35-28-22-21-26(24-27(28)30(31)32)36(33,34)29-25-19-16-15-17-20-25/h21-22,24-25,29H,2-20,23H2,1H3. The first kappa shape index (κ1) is 30.6. The summed E-state index contributed by atoms with van der Waals surface area (Å²) in [6, 6.07) is 3.83. The molecular weight excluding hydrogens is 476 g/mol. The van der Waals surface area contributed by atoms with Crippen LogP contribution in [0.15, 0.2) is 23.1 Å². The van der Waals surface area contributed by atoms with Gasteiger partial charge in [0.2, 0.25) is 10.0 Å². The molecule has 0 spiro atoms. The number of benzene rings is 1. The van der Waals surface area contributed by atoms with E-state index < -0.39 is 14.9 Å². The van der Waals surface area contributed by atoms with Crippen molar-refractivity contribution in [2.75, 3.05) is 6.61 Å². The molecule has 0 heterocycles. The molecule has 0 bridgehead atoms. The van der Waals surface area contributed by atoms with Crippen LogP contribution in [0, 0.1) is 10.1 Å². The zero-order valence-electron chi connectivity index (χ0n) is 22.3. The first-order chi connectivity index (χ1) is 17.4. The van der Waals surface area contributed by atoms with E-state index in [2.05, 4.69) is 11.6 Å². The number of ether oxygens (including phenoxy) is 1. The van der Waals surface area contributed by atoms with E-state index in [4.69, 9.17) is 4.74 Å².